The highest BCUT2D eigenvalue weighted by Gasteiger charge is 2.13. The molecule has 2 heterocycles. The van der Waals surface area contributed by atoms with Crippen LogP contribution in [-0.4, -0.2) is 15.9 Å². The summed E-state index contributed by atoms with van der Waals surface area (Å²) in [6.07, 6.45) is 2.99. The Labute approximate surface area is 133 Å². The first-order valence-electron chi connectivity index (χ1n) is 7.13. The molecule has 3 rings (SSSR count). The number of anilines is 1. The molecule has 0 spiro atoms. The molecular formula is C17H16N4O2. The molecular weight excluding hydrogens is 292 g/mol. The summed E-state index contributed by atoms with van der Waals surface area (Å²) in [4.78, 5) is 20.6. The van der Waals surface area contributed by atoms with Crippen molar-refractivity contribution in [3.63, 3.8) is 0 Å². The van der Waals surface area contributed by atoms with Gasteiger partial charge in [0.25, 0.3) is 5.91 Å². The zero-order valence-corrected chi connectivity index (χ0v) is 12.6. The minimum absolute atomic E-state index is 0.147. The largest absolute Gasteiger partial charge is 0.467 e. The van der Waals surface area contributed by atoms with Gasteiger partial charge in [-0.2, -0.15) is 0 Å². The first-order valence-corrected chi connectivity index (χ1v) is 7.13. The molecule has 0 unspecified atom stereocenters. The van der Waals surface area contributed by atoms with E-state index in [1.807, 2.05) is 31.2 Å². The van der Waals surface area contributed by atoms with Crippen LogP contribution in [0.4, 0.5) is 5.82 Å². The molecule has 2 aromatic heterocycles. The molecule has 3 aromatic rings. The van der Waals surface area contributed by atoms with Gasteiger partial charge in [-0.05, 0) is 25.1 Å². The standard InChI is InChI=1S/C17H16N4O2/c1-11-4-2-5-12(8-11)16-19-10-14(15(18)21-16)17(22)20-9-13-6-3-7-23-13/h2-8,10H,9H2,1H3,(H,20,22)(H2,18,19,21). The Kier molecular flexibility index (Phi) is 4.05. The number of nitrogens with zero attached hydrogens (tertiary/aromatic N) is 2. The fourth-order valence-corrected chi connectivity index (χ4v) is 2.17. The number of nitrogens with one attached hydrogen (secondary N) is 1. The summed E-state index contributed by atoms with van der Waals surface area (Å²) in [5.74, 6) is 0.964. The fourth-order valence-electron chi connectivity index (χ4n) is 2.17. The summed E-state index contributed by atoms with van der Waals surface area (Å²) < 4.78 is 5.16. The van der Waals surface area contributed by atoms with Crippen LogP contribution in [0.1, 0.15) is 21.7 Å². The number of nitrogens with two attached hydrogens (primary N) is 1. The van der Waals surface area contributed by atoms with Crippen LogP contribution in [0.25, 0.3) is 11.4 Å². The molecule has 0 aliphatic heterocycles. The lowest BCUT2D eigenvalue weighted by atomic mass is 10.1. The van der Waals surface area contributed by atoms with Gasteiger partial charge >= 0.3 is 0 Å². The summed E-state index contributed by atoms with van der Waals surface area (Å²) in [7, 11) is 0. The number of amides is 1. The quantitative estimate of drug-likeness (QED) is 0.772. The summed E-state index contributed by atoms with van der Waals surface area (Å²) in [6.45, 7) is 2.27. The molecule has 1 aromatic carbocycles. The van der Waals surface area contributed by atoms with Gasteiger partial charge < -0.3 is 15.5 Å². The second kappa shape index (κ2) is 6.31. The summed E-state index contributed by atoms with van der Waals surface area (Å²) in [5.41, 5.74) is 8.12. The van der Waals surface area contributed by atoms with Crippen molar-refractivity contribution in [3.8, 4) is 11.4 Å². The van der Waals surface area contributed by atoms with Gasteiger partial charge in [-0.1, -0.05) is 23.8 Å². The van der Waals surface area contributed by atoms with E-state index in [4.69, 9.17) is 10.2 Å². The predicted molar refractivity (Wildman–Crippen MR) is 86.5 cm³/mol. The highest BCUT2D eigenvalue weighted by atomic mass is 16.3. The number of carbonyl (C=O) groups excluding carboxylic acids is 1. The van der Waals surface area contributed by atoms with Gasteiger partial charge in [0.15, 0.2) is 5.82 Å². The number of hydrogen-bond donors (Lipinski definition) is 2. The molecule has 0 aliphatic rings. The van der Waals surface area contributed by atoms with Gasteiger partial charge in [0, 0.05) is 11.8 Å². The van der Waals surface area contributed by atoms with Crippen molar-refractivity contribution in [3.05, 3.63) is 65.7 Å². The number of hydrogen-bond acceptors (Lipinski definition) is 5. The Morgan fingerprint density at radius 3 is 2.87 bits per heavy atom. The van der Waals surface area contributed by atoms with Crippen LogP contribution < -0.4 is 11.1 Å². The van der Waals surface area contributed by atoms with Gasteiger partial charge in [0.05, 0.1) is 18.4 Å². The van der Waals surface area contributed by atoms with E-state index in [1.54, 1.807) is 18.4 Å². The summed E-state index contributed by atoms with van der Waals surface area (Å²) in [6, 6.07) is 11.3. The highest BCUT2D eigenvalue weighted by molar-refractivity contribution is 5.98. The molecule has 6 heteroatoms. The van der Waals surface area contributed by atoms with E-state index in [-0.39, 0.29) is 23.8 Å². The molecule has 23 heavy (non-hydrogen) atoms. The lowest BCUT2D eigenvalue weighted by Crippen LogP contribution is -2.24. The molecule has 0 bridgehead atoms. The smallest absolute Gasteiger partial charge is 0.256 e. The number of carbonyl (C=O) groups is 1. The third-order valence-electron chi connectivity index (χ3n) is 3.34. The first-order chi connectivity index (χ1) is 11.1. The highest BCUT2D eigenvalue weighted by Crippen LogP contribution is 2.18. The average Bonchev–Trinajstić information content (AvgIpc) is 3.06. The Bertz CT molecular complexity index is 828. The van der Waals surface area contributed by atoms with Gasteiger partial charge in [-0.3, -0.25) is 4.79 Å². The summed E-state index contributed by atoms with van der Waals surface area (Å²) in [5, 5.41) is 2.72. The SMILES string of the molecule is Cc1cccc(-c2ncc(C(=O)NCc3ccco3)c(N)n2)c1. The Hall–Kier alpha value is -3.15. The fraction of sp³-hybridized carbons (Fsp3) is 0.118. The summed E-state index contributed by atoms with van der Waals surface area (Å²) >= 11 is 0. The Morgan fingerprint density at radius 1 is 1.30 bits per heavy atom. The van der Waals surface area contributed by atoms with Gasteiger partial charge in [-0.15, -0.1) is 0 Å². The average molecular weight is 308 g/mol. The van der Waals surface area contributed by atoms with Crippen molar-refractivity contribution in [2.45, 2.75) is 13.5 Å². The van der Waals surface area contributed by atoms with E-state index in [0.29, 0.717) is 11.6 Å². The van der Waals surface area contributed by atoms with Crippen molar-refractivity contribution in [1.82, 2.24) is 15.3 Å². The number of benzene rings is 1. The lowest BCUT2D eigenvalue weighted by Gasteiger charge is -2.07. The molecule has 0 atom stereocenters. The minimum atomic E-state index is -0.338. The maximum Gasteiger partial charge on any atom is 0.256 e. The van der Waals surface area contributed by atoms with E-state index in [9.17, 15) is 4.79 Å². The van der Waals surface area contributed by atoms with Crippen molar-refractivity contribution in [1.29, 1.82) is 0 Å². The van der Waals surface area contributed by atoms with Crippen molar-refractivity contribution >= 4 is 11.7 Å². The van der Waals surface area contributed by atoms with Crippen molar-refractivity contribution in [2.75, 3.05) is 5.73 Å². The van der Waals surface area contributed by atoms with Crippen LogP contribution in [0.2, 0.25) is 0 Å². The molecule has 0 radical (unpaired) electrons. The second-order valence-electron chi connectivity index (χ2n) is 5.12. The van der Waals surface area contributed by atoms with E-state index in [0.717, 1.165) is 11.1 Å². The zero-order valence-electron chi connectivity index (χ0n) is 12.6. The van der Waals surface area contributed by atoms with Crippen LogP contribution in [0.3, 0.4) is 0 Å². The molecule has 0 saturated heterocycles. The molecule has 0 fully saturated rings. The third-order valence-corrected chi connectivity index (χ3v) is 3.34. The van der Waals surface area contributed by atoms with Crippen LogP contribution in [0, 0.1) is 6.92 Å². The lowest BCUT2D eigenvalue weighted by molar-refractivity contribution is 0.0948. The normalized spacial score (nSPS) is 10.5. The number of aryl methyl sites for hydroxylation is 1. The molecule has 116 valence electrons. The molecule has 6 nitrogen and oxygen atoms in total. The van der Waals surface area contributed by atoms with Gasteiger partial charge in [0.1, 0.15) is 11.6 Å². The molecule has 1 amide bonds. The molecule has 0 saturated carbocycles. The Balaban J connectivity index is 1.77. The first kappa shape index (κ1) is 14.8. The van der Waals surface area contributed by atoms with E-state index in [2.05, 4.69) is 15.3 Å². The maximum absolute atomic E-state index is 12.1. The number of rotatable bonds is 4. The number of nitrogen functional groups attached to an aromatic ring is 1. The number of furan rings is 1. The van der Waals surface area contributed by atoms with Crippen LogP contribution in [0.5, 0.6) is 0 Å². The third kappa shape index (κ3) is 3.37. The second-order valence-corrected chi connectivity index (χ2v) is 5.12. The topological polar surface area (TPSA) is 94.0 Å². The molecule has 0 aliphatic carbocycles. The van der Waals surface area contributed by atoms with Crippen LogP contribution in [-0.2, 0) is 6.54 Å². The van der Waals surface area contributed by atoms with Crippen LogP contribution in [0.15, 0.2) is 53.3 Å². The van der Waals surface area contributed by atoms with Crippen molar-refractivity contribution in [2.24, 2.45) is 0 Å². The van der Waals surface area contributed by atoms with Gasteiger partial charge in [0.2, 0.25) is 0 Å². The monoisotopic (exact) mass is 308 g/mol. The van der Waals surface area contributed by atoms with E-state index in [1.165, 1.54) is 6.20 Å². The Morgan fingerprint density at radius 2 is 2.17 bits per heavy atom. The number of aromatic nitrogens is 2. The zero-order chi connectivity index (χ0) is 16.2. The van der Waals surface area contributed by atoms with Crippen molar-refractivity contribution < 1.29 is 9.21 Å². The van der Waals surface area contributed by atoms with Crippen LogP contribution >= 0.6 is 0 Å². The minimum Gasteiger partial charge on any atom is -0.467 e. The van der Waals surface area contributed by atoms with E-state index < -0.39 is 0 Å². The van der Waals surface area contributed by atoms with E-state index >= 15 is 0 Å². The van der Waals surface area contributed by atoms with Gasteiger partial charge in [-0.25, -0.2) is 9.97 Å². The maximum atomic E-state index is 12.1. The predicted octanol–water partition coefficient (Wildman–Crippen LogP) is 2.56. The molecule has 3 N–H and O–H groups in total.